The number of nitrogens with zero attached hydrogens (tertiary/aromatic N) is 3. The van der Waals surface area contributed by atoms with Crippen molar-refractivity contribution in [1.82, 2.24) is 0 Å². The van der Waals surface area contributed by atoms with Crippen molar-refractivity contribution in [3.63, 3.8) is 0 Å². The van der Waals surface area contributed by atoms with Gasteiger partial charge in [-0.05, 0) is 187 Å². The van der Waals surface area contributed by atoms with E-state index in [-0.39, 0.29) is 0 Å². The highest BCUT2D eigenvalue weighted by atomic mass is 15.2. The highest BCUT2D eigenvalue weighted by Crippen LogP contribution is 2.42. The SMILES string of the molecule is Cc1ccc(-c2ccc(N(c3ccccc3)c3ccc(-c4ccc(N(c5ccccc5)c5ccc(-c6ccc(N(c7ccccc7)c7ccccc7)cc6C)c(C)c5)cc4)cc3)cc2C)cc1. The summed E-state index contributed by atoms with van der Waals surface area (Å²) in [5.41, 5.74) is 22.3. The molecular weight excluding hydrogens is 811 g/mol. The van der Waals surface area contributed by atoms with Crippen LogP contribution in [0.5, 0.6) is 0 Å². The van der Waals surface area contributed by atoms with Crippen LogP contribution in [0.2, 0.25) is 0 Å². The van der Waals surface area contributed by atoms with Crippen molar-refractivity contribution in [2.75, 3.05) is 14.7 Å². The zero-order chi connectivity index (χ0) is 45.7. The van der Waals surface area contributed by atoms with E-state index in [1.165, 1.54) is 44.5 Å². The van der Waals surface area contributed by atoms with Gasteiger partial charge in [-0.15, -0.1) is 0 Å². The third-order valence-corrected chi connectivity index (χ3v) is 12.7. The Hall–Kier alpha value is -8.40. The first-order valence-electron chi connectivity index (χ1n) is 23.1. The van der Waals surface area contributed by atoms with Crippen LogP contribution in [0.15, 0.2) is 249 Å². The molecule has 10 aromatic rings. The number of aryl methyl sites for hydroxylation is 4. The molecule has 0 fully saturated rings. The lowest BCUT2D eigenvalue weighted by molar-refractivity contribution is 1.26. The molecule has 3 heteroatoms. The lowest BCUT2D eigenvalue weighted by atomic mass is 9.95. The maximum Gasteiger partial charge on any atom is 0.0464 e. The fourth-order valence-electron chi connectivity index (χ4n) is 9.28. The lowest BCUT2D eigenvalue weighted by Gasteiger charge is -2.27. The Labute approximate surface area is 396 Å². The van der Waals surface area contributed by atoms with Crippen LogP contribution in [-0.4, -0.2) is 0 Å². The molecule has 0 aromatic heterocycles. The minimum atomic E-state index is 1.10. The number of rotatable bonds is 12. The van der Waals surface area contributed by atoms with Crippen molar-refractivity contribution in [3.05, 3.63) is 271 Å². The van der Waals surface area contributed by atoms with Gasteiger partial charge >= 0.3 is 0 Å². The molecule has 0 spiro atoms. The second-order valence-electron chi connectivity index (χ2n) is 17.3. The third-order valence-electron chi connectivity index (χ3n) is 12.7. The quantitative estimate of drug-likeness (QED) is 0.121. The fraction of sp³-hybridized carbons (Fsp3) is 0.0625. The second-order valence-corrected chi connectivity index (χ2v) is 17.3. The number of anilines is 9. The molecule has 0 amide bonds. The minimum Gasteiger partial charge on any atom is -0.310 e. The van der Waals surface area contributed by atoms with E-state index in [2.05, 4.69) is 291 Å². The number of hydrogen-bond acceptors (Lipinski definition) is 3. The summed E-state index contributed by atoms with van der Waals surface area (Å²) >= 11 is 0. The molecule has 0 heterocycles. The summed E-state index contributed by atoms with van der Waals surface area (Å²) < 4.78 is 0. The molecule has 3 nitrogen and oxygen atoms in total. The van der Waals surface area contributed by atoms with Crippen molar-refractivity contribution in [2.45, 2.75) is 27.7 Å². The first kappa shape index (κ1) is 42.5. The van der Waals surface area contributed by atoms with Gasteiger partial charge in [-0.1, -0.05) is 145 Å². The molecular formula is C64H53N3. The largest absolute Gasteiger partial charge is 0.310 e. The Balaban J connectivity index is 0.926. The first-order valence-corrected chi connectivity index (χ1v) is 23.1. The Bertz CT molecular complexity index is 3200. The number of hydrogen-bond donors (Lipinski definition) is 0. The summed E-state index contributed by atoms with van der Waals surface area (Å²) in [5, 5.41) is 0. The molecule has 0 unspecified atom stereocenters. The van der Waals surface area contributed by atoms with Gasteiger partial charge in [-0.25, -0.2) is 0 Å². The smallest absolute Gasteiger partial charge is 0.0464 e. The number of para-hydroxylation sites is 4. The van der Waals surface area contributed by atoms with E-state index >= 15 is 0 Å². The molecule has 0 bridgehead atoms. The molecule has 67 heavy (non-hydrogen) atoms. The van der Waals surface area contributed by atoms with Gasteiger partial charge in [0.2, 0.25) is 0 Å². The van der Waals surface area contributed by atoms with E-state index < -0.39 is 0 Å². The monoisotopic (exact) mass is 863 g/mol. The van der Waals surface area contributed by atoms with Gasteiger partial charge in [0, 0.05) is 51.2 Å². The molecule has 0 aliphatic heterocycles. The van der Waals surface area contributed by atoms with E-state index in [1.54, 1.807) is 0 Å². The zero-order valence-corrected chi connectivity index (χ0v) is 38.5. The Morgan fingerprint density at radius 2 is 0.463 bits per heavy atom. The van der Waals surface area contributed by atoms with Gasteiger partial charge in [0.15, 0.2) is 0 Å². The average molecular weight is 864 g/mol. The molecule has 0 radical (unpaired) electrons. The molecule has 10 aromatic carbocycles. The summed E-state index contributed by atoms with van der Waals surface area (Å²) in [4.78, 5) is 7.01. The molecule has 0 N–H and O–H groups in total. The van der Waals surface area contributed by atoms with Crippen LogP contribution < -0.4 is 14.7 Å². The van der Waals surface area contributed by atoms with Crippen LogP contribution in [0.25, 0.3) is 33.4 Å². The van der Waals surface area contributed by atoms with Gasteiger partial charge < -0.3 is 14.7 Å². The standard InChI is InChI=1S/C64H53N3/c1-46-25-27-52(28-26-46)62-40-37-59(43-47(62)2)66(55-21-13-7-14-22-55)57-33-29-50(30-34-57)51-31-35-58(36-32-51)67(56-23-15-8-16-24-56)61-39-42-64(49(4)45-61)63-41-38-60(44-48(63)3)65(53-17-9-5-10-18-53)54-19-11-6-12-20-54/h5-45H,1-4H3. The molecule has 0 aliphatic carbocycles. The van der Waals surface area contributed by atoms with Crippen LogP contribution in [0.3, 0.4) is 0 Å². The Kier molecular flexibility index (Phi) is 12.1. The van der Waals surface area contributed by atoms with Crippen LogP contribution in [0, 0.1) is 27.7 Å². The normalized spacial score (nSPS) is 11.0. The van der Waals surface area contributed by atoms with Crippen molar-refractivity contribution in [2.24, 2.45) is 0 Å². The van der Waals surface area contributed by atoms with Gasteiger partial charge in [0.05, 0.1) is 0 Å². The zero-order valence-electron chi connectivity index (χ0n) is 38.5. The van der Waals surface area contributed by atoms with E-state index in [0.29, 0.717) is 0 Å². The third kappa shape index (κ3) is 9.01. The van der Waals surface area contributed by atoms with Gasteiger partial charge in [-0.3, -0.25) is 0 Å². The molecule has 0 saturated carbocycles. The number of benzene rings is 10. The van der Waals surface area contributed by atoms with Gasteiger partial charge in [0.25, 0.3) is 0 Å². The molecule has 0 aliphatic rings. The van der Waals surface area contributed by atoms with E-state index in [0.717, 1.165) is 62.3 Å². The maximum absolute atomic E-state index is 2.35. The predicted octanol–water partition coefficient (Wildman–Crippen LogP) is 18.3. The molecule has 10 rings (SSSR count). The summed E-state index contributed by atoms with van der Waals surface area (Å²) in [7, 11) is 0. The lowest BCUT2D eigenvalue weighted by Crippen LogP contribution is -2.10. The minimum absolute atomic E-state index is 1.10. The summed E-state index contributed by atoms with van der Waals surface area (Å²) in [6.45, 7) is 8.78. The van der Waals surface area contributed by atoms with E-state index in [1.807, 2.05) is 0 Å². The molecule has 0 saturated heterocycles. The van der Waals surface area contributed by atoms with Crippen LogP contribution >= 0.6 is 0 Å². The Morgan fingerprint density at radius 3 is 0.761 bits per heavy atom. The summed E-state index contributed by atoms with van der Waals surface area (Å²) in [6, 6.07) is 89.6. The van der Waals surface area contributed by atoms with E-state index in [4.69, 9.17) is 0 Å². The van der Waals surface area contributed by atoms with E-state index in [9.17, 15) is 0 Å². The highest BCUT2D eigenvalue weighted by Gasteiger charge is 2.19. The fourth-order valence-corrected chi connectivity index (χ4v) is 9.28. The van der Waals surface area contributed by atoms with Gasteiger partial charge in [0.1, 0.15) is 0 Å². The van der Waals surface area contributed by atoms with Crippen molar-refractivity contribution >= 4 is 51.2 Å². The molecule has 324 valence electrons. The van der Waals surface area contributed by atoms with Crippen molar-refractivity contribution in [3.8, 4) is 33.4 Å². The highest BCUT2D eigenvalue weighted by molar-refractivity contribution is 5.85. The maximum atomic E-state index is 2.35. The second kappa shape index (κ2) is 19.0. The van der Waals surface area contributed by atoms with Crippen LogP contribution in [-0.2, 0) is 0 Å². The predicted molar refractivity (Wildman–Crippen MR) is 286 cm³/mol. The Morgan fingerprint density at radius 1 is 0.209 bits per heavy atom. The average Bonchev–Trinajstić information content (AvgIpc) is 3.37. The van der Waals surface area contributed by atoms with Crippen LogP contribution in [0.1, 0.15) is 22.3 Å². The summed E-state index contributed by atoms with van der Waals surface area (Å²) in [5.74, 6) is 0. The first-order chi connectivity index (χ1) is 32.9. The van der Waals surface area contributed by atoms with Gasteiger partial charge in [-0.2, -0.15) is 0 Å². The molecule has 0 atom stereocenters. The van der Waals surface area contributed by atoms with Crippen molar-refractivity contribution in [1.29, 1.82) is 0 Å². The van der Waals surface area contributed by atoms with Crippen LogP contribution in [0.4, 0.5) is 51.2 Å². The summed E-state index contributed by atoms with van der Waals surface area (Å²) in [6.07, 6.45) is 0. The topological polar surface area (TPSA) is 9.72 Å². The van der Waals surface area contributed by atoms with Crippen molar-refractivity contribution < 1.29 is 0 Å².